The van der Waals surface area contributed by atoms with Crippen LogP contribution in [0.2, 0.25) is 0 Å². The van der Waals surface area contributed by atoms with E-state index in [1.54, 1.807) is 23.1 Å². The predicted molar refractivity (Wildman–Crippen MR) is 135 cm³/mol. The Morgan fingerprint density at radius 1 is 0.972 bits per heavy atom. The number of amides is 3. The van der Waals surface area contributed by atoms with Crippen molar-refractivity contribution in [3.63, 3.8) is 0 Å². The van der Waals surface area contributed by atoms with E-state index in [1.165, 1.54) is 7.11 Å². The van der Waals surface area contributed by atoms with Gasteiger partial charge in [0.05, 0.1) is 18.7 Å². The molecule has 0 unspecified atom stereocenters. The molecule has 1 saturated heterocycles. The largest absolute Gasteiger partial charge is 0.493 e. The standard InChI is InChI=1S/C27H28N4O5/c1-35-23-14-8-13-22(26(23)36-18-24(32)28-16-19-9-4-2-5-10-19)29-30-27(34)20-15-25(33)31(17-20)21-11-6-3-7-12-21/h2-14,20,29H,15-18H2,1H3,(H,28,32)(H,30,34)/t20-/m1/s1. The minimum absolute atomic E-state index is 0.103. The molecule has 3 aromatic rings. The molecule has 1 aliphatic rings. The molecule has 0 aliphatic carbocycles. The van der Waals surface area contributed by atoms with E-state index in [9.17, 15) is 14.4 Å². The summed E-state index contributed by atoms with van der Waals surface area (Å²) >= 11 is 0. The number of nitrogens with zero attached hydrogens (tertiary/aromatic N) is 1. The number of hydrazine groups is 1. The lowest BCUT2D eigenvalue weighted by atomic mass is 10.1. The van der Waals surface area contributed by atoms with Crippen LogP contribution in [0.5, 0.6) is 11.5 Å². The van der Waals surface area contributed by atoms with E-state index in [1.807, 2.05) is 60.7 Å². The van der Waals surface area contributed by atoms with E-state index in [0.29, 0.717) is 24.5 Å². The first-order valence-electron chi connectivity index (χ1n) is 11.6. The zero-order valence-corrected chi connectivity index (χ0v) is 19.9. The molecule has 186 valence electrons. The smallest absolute Gasteiger partial charge is 0.258 e. The van der Waals surface area contributed by atoms with Crippen molar-refractivity contribution in [2.45, 2.75) is 13.0 Å². The number of methoxy groups -OCH3 is 1. The van der Waals surface area contributed by atoms with E-state index in [0.717, 1.165) is 11.3 Å². The Morgan fingerprint density at radius 3 is 2.42 bits per heavy atom. The second kappa shape index (κ2) is 11.7. The normalized spacial score (nSPS) is 14.8. The molecule has 3 aromatic carbocycles. The monoisotopic (exact) mass is 488 g/mol. The van der Waals surface area contributed by atoms with Crippen LogP contribution >= 0.6 is 0 Å². The summed E-state index contributed by atoms with van der Waals surface area (Å²) in [5.74, 6) is -0.557. The molecule has 1 heterocycles. The van der Waals surface area contributed by atoms with Crippen molar-refractivity contribution < 1.29 is 23.9 Å². The third-order valence-corrected chi connectivity index (χ3v) is 5.76. The summed E-state index contributed by atoms with van der Waals surface area (Å²) in [6, 6.07) is 23.9. The van der Waals surface area contributed by atoms with Crippen molar-refractivity contribution in [2.75, 3.05) is 30.6 Å². The van der Waals surface area contributed by atoms with Gasteiger partial charge in [-0.15, -0.1) is 0 Å². The van der Waals surface area contributed by atoms with Crippen molar-refractivity contribution in [3.8, 4) is 11.5 Å². The van der Waals surface area contributed by atoms with Crippen molar-refractivity contribution in [3.05, 3.63) is 84.4 Å². The number of anilines is 2. The summed E-state index contributed by atoms with van der Waals surface area (Å²) < 4.78 is 11.1. The quantitative estimate of drug-likeness (QED) is 0.379. The van der Waals surface area contributed by atoms with E-state index in [2.05, 4.69) is 16.2 Å². The molecule has 9 heteroatoms. The molecule has 0 bridgehead atoms. The molecule has 9 nitrogen and oxygen atoms in total. The van der Waals surface area contributed by atoms with Gasteiger partial charge in [0, 0.05) is 25.2 Å². The Bertz CT molecular complexity index is 1200. The van der Waals surface area contributed by atoms with Gasteiger partial charge in [0.1, 0.15) is 0 Å². The van der Waals surface area contributed by atoms with Gasteiger partial charge in [0.2, 0.25) is 11.8 Å². The third-order valence-electron chi connectivity index (χ3n) is 5.76. The molecule has 1 aliphatic heterocycles. The first kappa shape index (κ1) is 24.6. The van der Waals surface area contributed by atoms with Gasteiger partial charge in [-0.25, -0.2) is 0 Å². The second-order valence-corrected chi connectivity index (χ2v) is 8.24. The van der Waals surface area contributed by atoms with Crippen LogP contribution in [-0.2, 0) is 20.9 Å². The number of para-hydroxylation sites is 2. The van der Waals surface area contributed by atoms with Crippen molar-refractivity contribution in [1.29, 1.82) is 0 Å². The molecule has 0 radical (unpaired) electrons. The van der Waals surface area contributed by atoms with Crippen molar-refractivity contribution in [2.24, 2.45) is 5.92 Å². The number of benzene rings is 3. The second-order valence-electron chi connectivity index (χ2n) is 8.24. The molecule has 1 atom stereocenters. The van der Waals surface area contributed by atoms with Gasteiger partial charge in [0.25, 0.3) is 5.91 Å². The molecule has 0 saturated carbocycles. The maximum atomic E-state index is 12.8. The van der Waals surface area contributed by atoms with Crippen LogP contribution < -0.4 is 30.5 Å². The molecular formula is C27H28N4O5. The predicted octanol–water partition coefficient (Wildman–Crippen LogP) is 2.89. The molecular weight excluding hydrogens is 460 g/mol. The Labute approximate surface area is 209 Å². The van der Waals surface area contributed by atoms with Gasteiger partial charge in [0.15, 0.2) is 18.1 Å². The van der Waals surface area contributed by atoms with Gasteiger partial charge in [-0.1, -0.05) is 54.6 Å². The number of rotatable bonds is 10. The highest BCUT2D eigenvalue weighted by Crippen LogP contribution is 2.35. The average molecular weight is 489 g/mol. The van der Waals surface area contributed by atoms with Gasteiger partial charge in [-0.05, 0) is 29.8 Å². The molecule has 1 fully saturated rings. The fourth-order valence-corrected chi connectivity index (χ4v) is 3.88. The van der Waals surface area contributed by atoms with Crippen LogP contribution in [0.3, 0.4) is 0 Å². The lowest BCUT2D eigenvalue weighted by molar-refractivity contribution is -0.126. The lowest BCUT2D eigenvalue weighted by Crippen LogP contribution is -2.36. The summed E-state index contributed by atoms with van der Waals surface area (Å²) in [6.45, 7) is 0.439. The number of nitrogens with one attached hydrogen (secondary N) is 3. The first-order chi connectivity index (χ1) is 17.5. The Kier molecular flexibility index (Phi) is 8.02. The maximum Gasteiger partial charge on any atom is 0.258 e. The van der Waals surface area contributed by atoms with E-state index in [4.69, 9.17) is 9.47 Å². The maximum absolute atomic E-state index is 12.8. The van der Waals surface area contributed by atoms with Crippen LogP contribution in [0.1, 0.15) is 12.0 Å². The molecule has 4 rings (SSSR count). The van der Waals surface area contributed by atoms with Crippen molar-refractivity contribution >= 4 is 29.1 Å². The molecule has 36 heavy (non-hydrogen) atoms. The zero-order valence-electron chi connectivity index (χ0n) is 19.9. The van der Waals surface area contributed by atoms with E-state index >= 15 is 0 Å². The summed E-state index contributed by atoms with van der Waals surface area (Å²) in [7, 11) is 1.49. The average Bonchev–Trinajstić information content (AvgIpc) is 3.32. The minimum Gasteiger partial charge on any atom is -0.493 e. The first-order valence-corrected chi connectivity index (χ1v) is 11.6. The number of hydrogen-bond donors (Lipinski definition) is 3. The third kappa shape index (κ3) is 6.12. The Morgan fingerprint density at radius 2 is 1.69 bits per heavy atom. The topological polar surface area (TPSA) is 109 Å². The van der Waals surface area contributed by atoms with Gasteiger partial charge in [-0.3, -0.25) is 25.2 Å². The lowest BCUT2D eigenvalue weighted by Gasteiger charge is -2.18. The number of ether oxygens (including phenoxy) is 2. The molecule has 0 spiro atoms. The fourth-order valence-electron chi connectivity index (χ4n) is 3.88. The fraction of sp³-hybridized carbons (Fsp3) is 0.222. The van der Waals surface area contributed by atoms with E-state index in [-0.39, 0.29) is 36.5 Å². The van der Waals surface area contributed by atoms with Crippen LogP contribution in [0.4, 0.5) is 11.4 Å². The number of hydrogen-bond acceptors (Lipinski definition) is 6. The van der Waals surface area contributed by atoms with E-state index < -0.39 is 5.92 Å². The van der Waals surface area contributed by atoms with Gasteiger partial charge >= 0.3 is 0 Å². The summed E-state index contributed by atoms with van der Waals surface area (Å²) in [6.07, 6.45) is 0.117. The Balaban J connectivity index is 1.34. The van der Waals surface area contributed by atoms with Gasteiger partial charge in [-0.2, -0.15) is 0 Å². The SMILES string of the molecule is COc1cccc(NNC(=O)[C@@H]2CC(=O)N(c3ccccc3)C2)c1OCC(=O)NCc1ccccc1. The zero-order chi connectivity index (χ0) is 25.3. The summed E-state index contributed by atoms with van der Waals surface area (Å²) in [5.41, 5.74) is 7.66. The van der Waals surface area contributed by atoms with Gasteiger partial charge < -0.3 is 19.7 Å². The molecule has 3 amide bonds. The molecule has 0 aromatic heterocycles. The Hall–Kier alpha value is -4.53. The molecule has 3 N–H and O–H groups in total. The number of carbonyl (C=O) groups excluding carboxylic acids is 3. The highest BCUT2D eigenvalue weighted by atomic mass is 16.5. The summed E-state index contributed by atoms with van der Waals surface area (Å²) in [4.78, 5) is 39.2. The number of carbonyl (C=O) groups is 3. The van der Waals surface area contributed by atoms with Crippen LogP contribution in [0, 0.1) is 5.92 Å². The highest BCUT2D eigenvalue weighted by Gasteiger charge is 2.35. The van der Waals surface area contributed by atoms with Crippen molar-refractivity contribution in [1.82, 2.24) is 10.7 Å². The summed E-state index contributed by atoms with van der Waals surface area (Å²) in [5, 5.41) is 2.80. The minimum atomic E-state index is -0.510. The van der Waals surface area contributed by atoms with Crippen LogP contribution in [0.25, 0.3) is 0 Å². The van der Waals surface area contributed by atoms with Crippen LogP contribution in [-0.4, -0.2) is 38.0 Å². The highest BCUT2D eigenvalue weighted by molar-refractivity contribution is 6.00. The van der Waals surface area contributed by atoms with Crippen LogP contribution in [0.15, 0.2) is 78.9 Å².